The lowest BCUT2D eigenvalue weighted by molar-refractivity contribution is 0.313. The van der Waals surface area contributed by atoms with Crippen molar-refractivity contribution in [2.45, 2.75) is 19.4 Å². The van der Waals surface area contributed by atoms with Crippen LogP contribution in [0.25, 0.3) is 0 Å². The van der Waals surface area contributed by atoms with Gasteiger partial charge in [0.1, 0.15) is 0 Å². The summed E-state index contributed by atoms with van der Waals surface area (Å²) in [6.07, 6.45) is 2.89. The van der Waals surface area contributed by atoms with Crippen molar-refractivity contribution in [1.82, 2.24) is 9.88 Å². The maximum absolute atomic E-state index is 5.96. The van der Waals surface area contributed by atoms with Crippen LogP contribution in [-0.2, 0) is 0 Å². The van der Waals surface area contributed by atoms with Crippen molar-refractivity contribution in [3.05, 3.63) is 24.0 Å². The Labute approximate surface area is 103 Å². The van der Waals surface area contributed by atoms with Gasteiger partial charge in [-0.1, -0.05) is 6.92 Å². The van der Waals surface area contributed by atoms with Crippen LogP contribution in [0, 0.1) is 0 Å². The molecule has 0 aliphatic carbocycles. The molecule has 1 saturated heterocycles. The summed E-state index contributed by atoms with van der Waals surface area (Å²) in [6, 6.07) is 4.27. The monoisotopic (exact) mass is 234 g/mol. The second kappa shape index (κ2) is 5.47. The molecule has 2 N–H and O–H groups in total. The van der Waals surface area contributed by atoms with Gasteiger partial charge in [-0.05, 0) is 25.6 Å². The predicted octanol–water partition coefficient (Wildman–Crippen LogP) is 1.24. The summed E-state index contributed by atoms with van der Waals surface area (Å²) in [5, 5.41) is 0. The van der Waals surface area contributed by atoms with Gasteiger partial charge in [-0.3, -0.25) is 4.98 Å². The number of likely N-dealkylation sites (N-methyl/N-ethyl adjacent to an activating group) is 1. The van der Waals surface area contributed by atoms with Crippen molar-refractivity contribution in [2.75, 3.05) is 38.1 Å². The molecule has 17 heavy (non-hydrogen) atoms. The smallest absolute Gasteiger partial charge is 0.0572 e. The van der Waals surface area contributed by atoms with Crippen LogP contribution in [0.15, 0.2) is 18.3 Å². The molecule has 0 amide bonds. The fourth-order valence-electron chi connectivity index (χ4n) is 2.08. The molecule has 2 rings (SSSR count). The molecule has 2 heterocycles. The number of aromatic nitrogens is 1. The lowest BCUT2D eigenvalue weighted by atomic mass is 10.1. The number of hydrogen-bond acceptors (Lipinski definition) is 4. The van der Waals surface area contributed by atoms with E-state index in [-0.39, 0.29) is 6.04 Å². The number of nitrogens with zero attached hydrogens (tertiary/aromatic N) is 3. The first kappa shape index (κ1) is 12.3. The van der Waals surface area contributed by atoms with Gasteiger partial charge in [-0.25, -0.2) is 0 Å². The standard InChI is InChI=1S/C13H22N4/c1-3-12(14)13-5-4-11(10-15-13)17-8-6-16(2)7-9-17/h4-5,10,12H,3,6-9,14H2,1-2H3/t12-/m0/s1. The molecule has 0 spiro atoms. The third kappa shape index (κ3) is 2.96. The summed E-state index contributed by atoms with van der Waals surface area (Å²) in [5.74, 6) is 0. The van der Waals surface area contributed by atoms with Crippen LogP contribution in [0.1, 0.15) is 25.1 Å². The average Bonchev–Trinajstić information content (AvgIpc) is 2.39. The lowest BCUT2D eigenvalue weighted by Crippen LogP contribution is -2.44. The summed E-state index contributed by atoms with van der Waals surface area (Å²) in [5.41, 5.74) is 8.16. The molecule has 0 unspecified atom stereocenters. The Morgan fingerprint density at radius 3 is 2.53 bits per heavy atom. The van der Waals surface area contributed by atoms with Crippen molar-refractivity contribution < 1.29 is 0 Å². The largest absolute Gasteiger partial charge is 0.368 e. The molecular formula is C13H22N4. The van der Waals surface area contributed by atoms with Crippen LogP contribution >= 0.6 is 0 Å². The molecule has 0 saturated carbocycles. The molecule has 1 aromatic heterocycles. The van der Waals surface area contributed by atoms with Gasteiger partial charge in [0.25, 0.3) is 0 Å². The quantitative estimate of drug-likeness (QED) is 0.855. The number of hydrogen-bond donors (Lipinski definition) is 1. The highest BCUT2D eigenvalue weighted by Gasteiger charge is 2.14. The van der Waals surface area contributed by atoms with E-state index in [1.54, 1.807) is 0 Å². The van der Waals surface area contributed by atoms with Gasteiger partial charge in [0.05, 0.1) is 17.6 Å². The highest BCUT2D eigenvalue weighted by Crippen LogP contribution is 2.18. The molecule has 1 aliphatic rings. The van der Waals surface area contributed by atoms with Crippen LogP contribution in [0.3, 0.4) is 0 Å². The number of pyridine rings is 1. The predicted molar refractivity (Wildman–Crippen MR) is 71.2 cm³/mol. The second-order valence-corrected chi connectivity index (χ2v) is 4.75. The van der Waals surface area contributed by atoms with E-state index < -0.39 is 0 Å². The summed E-state index contributed by atoms with van der Waals surface area (Å²) >= 11 is 0. The minimum Gasteiger partial charge on any atom is -0.368 e. The first-order valence-electron chi connectivity index (χ1n) is 6.35. The van der Waals surface area contributed by atoms with Gasteiger partial charge in [-0.15, -0.1) is 0 Å². The van der Waals surface area contributed by atoms with E-state index in [9.17, 15) is 0 Å². The first-order chi connectivity index (χ1) is 8.20. The van der Waals surface area contributed by atoms with E-state index >= 15 is 0 Å². The van der Waals surface area contributed by atoms with Crippen molar-refractivity contribution in [2.24, 2.45) is 5.73 Å². The average molecular weight is 234 g/mol. The Kier molecular flexibility index (Phi) is 3.97. The fraction of sp³-hybridized carbons (Fsp3) is 0.615. The lowest BCUT2D eigenvalue weighted by Gasteiger charge is -2.33. The van der Waals surface area contributed by atoms with Gasteiger partial charge in [0, 0.05) is 32.2 Å². The van der Waals surface area contributed by atoms with Crippen LogP contribution in [0.2, 0.25) is 0 Å². The molecule has 1 aliphatic heterocycles. The minimum absolute atomic E-state index is 0.0662. The number of rotatable bonds is 3. The first-order valence-corrected chi connectivity index (χ1v) is 6.35. The van der Waals surface area contributed by atoms with Crippen molar-refractivity contribution in [3.8, 4) is 0 Å². The third-order valence-corrected chi connectivity index (χ3v) is 3.46. The molecule has 4 nitrogen and oxygen atoms in total. The van der Waals surface area contributed by atoms with Crippen LogP contribution in [-0.4, -0.2) is 43.1 Å². The topological polar surface area (TPSA) is 45.4 Å². The van der Waals surface area contributed by atoms with Crippen molar-refractivity contribution in [3.63, 3.8) is 0 Å². The second-order valence-electron chi connectivity index (χ2n) is 4.75. The van der Waals surface area contributed by atoms with E-state index in [1.807, 2.05) is 6.20 Å². The molecule has 0 aromatic carbocycles. The van der Waals surface area contributed by atoms with Gasteiger partial charge in [0.2, 0.25) is 0 Å². The molecule has 1 atom stereocenters. The molecule has 0 radical (unpaired) electrons. The maximum Gasteiger partial charge on any atom is 0.0572 e. The van der Waals surface area contributed by atoms with E-state index in [4.69, 9.17) is 5.73 Å². The molecule has 4 heteroatoms. The summed E-state index contributed by atoms with van der Waals surface area (Å²) < 4.78 is 0. The number of anilines is 1. The zero-order chi connectivity index (χ0) is 12.3. The zero-order valence-corrected chi connectivity index (χ0v) is 10.8. The summed E-state index contributed by atoms with van der Waals surface area (Å²) in [4.78, 5) is 9.20. The molecular weight excluding hydrogens is 212 g/mol. The Balaban J connectivity index is 2.02. The summed E-state index contributed by atoms with van der Waals surface area (Å²) in [6.45, 7) is 6.49. The van der Waals surface area contributed by atoms with Crippen LogP contribution < -0.4 is 10.6 Å². The molecule has 1 aromatic rings. The Morgan fingerprint density at radius 1 is 1.29 bits per heavy atom. The highest BCUT2D eigenvalue weighted by molar-refractivity contribution is 5.45. The van der Waals surface area contributed by atoms with E-state index in [0.29, 0.717) is 0 Å². The maximum atomic E-state index is 5.96. The third-order valence-electron chi connectivity index (χ3n) is 3.46. The SMILES string of the molecule is CC[C@H](N)c1ccc(N2CCN(C)CC2)cn1. The highest BCUT2D eigenvalue weighted by atomic mass is 15.2. The van der Waals surface area contributed by atoms with Crippen LogP contribution in [0.4, 0.5) is 5.69 Å². The molecule has 0 bridgehead atoms. The van der Waals surface area contributed by atoms with Crippen LogP contribution in [0.5, 0.6) is 0 Å². The van der Waals surface area contributed by atoms with Crippen molar-refractivity contribution in [1.29, 1.82) is 0 Å². The zero-order valence-electron chi connectivity index (χ0n) is 10.8. The molecule has 94 valence electrons. The van der Waals surface area contributed by atoms with Gasteiger partial charge < -0.3 is 15.5 Å². The Bertz CT molecular complexity index is 341. The van der Waals surface area contributed by atoms with E-state index in [1.165, 1.54) is 5.69 Å². The number of nitrogens with two attached hydrogens (primary N) is 1. The Morgan fingerprint density at radius 2 is 2.00 bits per heavy atom. The molecule has 1 fully saturated rings. The van der Waals surface area contributed by atoms with Gasteiger partial charge in [0.15, 0.2) is 0 Å². The van der Waals surface area contributed by atoms with E-state index in [2.05, 4.69) is 40.9 Å². The van der Waals surface area contributed by atoms with Gasteiger partial charge in [-0.2, -0.15) is 0 Å². The van der Waals surface area contributed by atoms with E-state index in [0.717, 1.165) is 38.3 Å². The minimum atomic E-state index is 0.0662. The normalized spacial score (nSPS) is 19.4. The fourth-order valence-corrected chi connectivity index (χ4v) is 2.08. The van der Waals surface area contributed by atoms with Gasteiger partial charge >= 0.3 is 0 Å². The van der Waals surface area contributed by atoms with Crippen molar-refractivity contribution >= 4 is 5.69 Å². The number of piperazine rings is 1. The summed E-state index contributed by atoms with van der Waals surface area (Å²) in [7, 11) is 2.17. The Hall–Kier alpha value is -1.13.